The highest BCUT2D eigenvalue weighted by Gasteiger charge is 2.21. The number of fused-ring (bicyclic) bond motifs is 1. The number of benzene rings is 1. The Hall–Kier alpha value is -1.74. The molecule has 0 amide bonds. The fraction of sp³-hybridized carbons (Fsp3) is 0.312. The van der Waals surface area contributed by atoms with E-state index in [4.69, 9.17) is 0 Å². The Bertz CT molecular complexity index is 554. The van der Waals surface area contributed by atoms with Crippen molar-refractivity contribution in [1.29, 1.82) is 0 Å². The monoisotopic (exact) mass is 256 g/mol. The van der Waals surface area contributed by atoms with Crippen molar-refractivity contribution in [2.75, 3.05) is 6.54 Å². The van der Waals surface area contributed by atoms with E-state index in [1.165, 1.54) is 11.1 Å². The van der Waals surface area contributed by atoms with Gasteiger partial charge in [0.1, 0.15) is 5.82 Å². The minimum atomic E-state index is -0.129. The van der Waals surface area contributed by atoms with Crippen LogP contribution in [0.3, 0.4) is 0 Å². The summed E-state index contributed by atoms with van der Waals surface area (Å²) < 4.78 is 13.1. The van der Waals surface area contributed by atoms with Crippen LogP contribution in [0.4, 0.5) is 4.39 Å². The van der Waals surface area contributed by atoms with Gasteiger partial charge in [-0.2, -0.15) is 0 Å². The molecule has 0 aliphatic heterocycles. The van der Waals surface area contributed by atoms with Crippen LogP contribution in [-0.2, 0) is 12.8 Å². The van der Waals surface area contributed by atoms with Crippen molar-refractivity contribution >= 4 is 0 Å². The molecule has 1 heterocycles. The second-order valence-corrected chi connectivity index (χ2v) is 4.99. The third kappa shape index (κ3) is 2.82. The Morgan fingerprint density at radius 1 is 1.21 bits per heavy atom. The van der Waals surface area contributed by atoms with Gasteiger partial charge >= 0.3 is 0 Å². The van der Waals surface area contributed by atoms with Crippen LogP contribution in [0.25, 0.3) is 0 Å². The van der Waals surface area contributed by atoms with E-state index in [0.29, 0.717) is 6.04 Å². The molecule has 3 heteroatoms. The summed E-state index contributed by atoms with van der Waals surface area (Å²) in [5.41, 5.74) is 3.71. The average Bonchev–Trinajstić information content (AvgIpc) is 2.82. The topological polar surface area (TPSA) is 24.9 Å². The normalized spacial score (nSPS) is 17.4. The zero-order chi connectivity index (χ0) is 13.1. The molecule has 1 aromatic heterocycles. The molecular weight excluding hydrogens is 239 g/mol. The van der Waals surface area contributed by atoms with Gasteiger partial charge in [-0.05, 0) is 66.8 Å². The molecule has 1 unspecified atom stereocenters. The Kier molecular flexibility index (Phi) is 3.56. The molecule has 1 atom stereocenters. The molecule has 1 N–H and O–H groups in total. The highest BCUT2D eigenvalue weighted by atomic mass is 19.1. The van der Waals surface area contributed by atoms with Crippen molar-refractivity contribution in [1.82, 2.24) is 10.3 Å². The number of aromatic nitrogens is 1. The van der Waals surface area contributed by atoms with E-state index in [1.807, 2.05) is 30.6 Å². The maximum absolute atomic E-state index is 13.1. The second kappa shape index (κ2) is 5.49. The van der Waals surface area contributed by atoms with Gasteiger partial charge in [0.15, 0.2) is 0 Å². The molecule has 1 aliphatic carbocycles. The van der Waals surface area contributed by atoms with Gasteiger partial charge in [-0.3, -0.25) is 4.98 Å². The van der Waals surface area contributed by atoms with Crippen molar-refractivity contribution in [3.05, 3.63) is 65.2 Å². The van der Waals surface area contributed by atoms with Gasteiger partial charge < -0.3 is 5.32 Å². The van der Waals surface area contributed by atoms with E-state index < -0.39 is 0 Å². The summed E-state index contributed by atoms with van der Waals surface area (Å²) in [4.78, 5) is 4.01. The SMILES string of the molecule is Fc1ccc2c(c1)CCC2NCCc1ccncc1. The Balaban J connectivity index is 1.58. The molecule has 0 fully saturated rings. The van der Waals surface area contributed by atoms with Crippen molar-refractivity contribution in [2.24, 2.45) is 0 Å². The zero-order valence-electron chi connectivity index (χ0n) is 10.8. The van der Waals surface area contributed by atoms with Gasteiger partial charge in [-0.25, -0.2) is 4.39 Å². The second-order valence-electron chi connectivity index (χ2n) is 4.99. The van der Waals surface area contributed by atoms with E-state index in [-0.39, 0.29) is 5.82 Å². The summed E-state index contributed by atoms with van der Waals surface area (Å²) in [6, 6.07) is 9.60. The van der Waals surface area contributed by atoms with Gasteiger partial charge in [0.25, 0.3) is 0 Å². The molecule has 1 aliphatic rings. The number of hydrogen-bond acceptors (Lipinski definition) is 2. The number of nitrogens with one attached hydrogen (secondary N) is 1. The summed E-state index contributed by atoms with van der Waals surface area (Å²) in [6.45, 7) is 0.936. The summed E-state index contributed by atoms with van der Waals surface area (Å²) >= 11 is 0. The van der Waals surface area contributed by atoms with Crippen molar-refractivity contribution in [3.8, 4) is 0 Å². The first-order chi connectivity index (χ1) is 9.33. The first-order valence-electron chi connectivity index (χ1n) is 6.73. The zero-order valence-corrected chi connectivity index (χ0v) is 10.8. The maximum Gasteiger partial charge on any atom is 0.123 e. The maximum atomic E-state index is 13.1. The van der Waals surface area contributed by atoms with Crippen LogP contribution >= 0.6 is 0 Å². The van der Waals surface area contributed by atoms with E-state index in [9.17, 15) is 4.39 Å². The van der Waals surface area contributed by atoms with Crippen LogP contribution < -0.4 is 5.32 Å². The molecule has 2 aromatic rings. The third-order valence-electron chi connectivity index (χ3n) is 3.74. The van der Waals surface area contributed by atoms with Crippen LogP contribution in [0.5, 0.6) is 0 Å². The van der Waals surface area contributed by atoms with Crippen LogP contribution in [0, 0.1) is 5.82 Å². The van der Waals surface area contributed by atoms with E-state index in [1.54, 1.807) is 12.1 Å². The smallest absolute Gasteiger partial charge is 0.123 e. The van der Waals surface area contributed by atoms with Gasteiger partial charge in [0.05, 0.1) is 0 Å². The standard InChI is InChI=1S/C16H17FN2/c17-14-2-3-15-13(11-14)1-4-16(15)19-10-7-12-5-8-18-9-6-12/h2-3,5-6,8-9,11,16,19H,1,4,7,10H2. The molecule has 19 heavy (non-hydrogen) atoms. The van der Waals surface area contributed by atoms with Crippen LogP contribution in [0.15, 0.2) is 42.7 Å². The Labute approximate surface area is 112 Å². The third-order valence-corrected chi connectivity index (χ3v) is 3.74. The number of rotatable bonds is 4. The number of pyridine rings is 1. The fourth-order valence-corrected chi connectivity index (χ4v) is 2.74. The molecule has 0 bridgehead atoms. The molecule has 0 radical (unpaired) electrons. The summed E-state index contributed by atoms with van der Waals surface area (Å²) in [5, 5.41) is 3.56. The highest BCUT2D eigenvalue weighted by molar-refractivity contribution is 5.34. The molecule has 98 valence electrons. The summed E-state index contributed by atoms with van der Waals surface area (Å²) in [6.07, 6.45) is 6.68. The fourth-order valence-electron chi connectivity index (χ4n) is 2.74. The predicted octanol–water partition coefficient (Wildman–Crippen LogP) is 3.04. The lowest BCUT2D eigenvalue weighted by atomic mass is 10.1. The molecule has 0 saturated heterocycles. The van der Waals surface area contributed by atoms with Gasteiger partial charge in [0.2, 0.25) is 0 Å². The molecule has 1 aromatic carbocycles. The van der Waals surface area contributed by atoms with Crippen molar-refractivity contribution < 1.29 is 4.39 Å². The molecule has 0 spiro atoms. The molecule has 3 rings (SSSR count). The molecular formula is C16H17FN2. The molecule has 0 saturated carbocycles. The van der Waals surface area contributed by atoms with E-state index in [2.05, 4.69) is 10.3 Å². The van der Waals surface area contributed by atoms with Gasteiger partial charge in [0, 0.05) is 18.4 Å². The number of halogens is 1. The molecule has 2 nitrogen and oxygen atoms in total. The van der Waals surface area contributed by atoms with Gasteiger partial charge in [-0.1, -0.05) is 6.07 Å². The first-order valence-corrected chi connectivity index (χ1v) is 6.73. The van der Waals surface area contributed by atoms with Crippen molar-refractivity contribution in [3.63, 3.8) is 0 Å². The van der Waals surface area contributed by atoms with Crippen LogP contribution in [0.1, 0.15) is 29.2 Å². The predicted molar refractivity (Wildman–Crippen MR) is 73.4 cm³/mol. The highest BCUT2D eigenvalue weighted by Crippen LogP contribution is 2.31. The number of hydrogen-bond donors (Lipinski definition) is 1. The Morgan fingerprint density at radius 3 is 2.89 bits per heavy atom. The summed E-state index contributed by atoms with van der Waals surface area (Å²) in [5.74, 6) is -0.129. The lowest BCUT2D eigenvalue weighted by Crippen LogP contribution is -2.21. The van der Waals surface area contributed by atoms with Crippen LogP contribution in [0.2, 0.25) is 0 Å². The van der Waals surface area contributed by atoms with Gasteiger partial charge in [-0.15, -0.1) is 0 Å². The largest absolute Gasteiger partial charge is 0.310 e. The number of nitrogens with zero attached hydrogens (tertiary/aromatic N) is 1. The van der Waals surface area contributed by atoms with E-state index in [0.717, 1.165) is 31.4 Å². The first kappa shape index (κ1) is 12.3. The Morgan fingerprint density at radius 2 is 2.05 bits per heavy atom. The van der Waals surface area contributed by atoms with Crippen molar-refractivity contribution in [2.45, 2.75) is 25.3 Å². The number of aryl methyl sites for hydroxylation is 1. The minimum Gasteiger partial charge on any atom is -0.310 e. The average molecular weight is 256 g/mol. The van der Waals surface area contributed by atoms with E-state index >= 15 is 0 Å². The van der Waals surface area contributed by atoms with Crippen LogP contribution in [-0.4, -0.2) is 11.5 Å². The lowest BCUT2D eigenvalue weighted by molar-refractivity contribution is 0.533. The quantitative estimate of drug-likeness (QED) is 0.909. The minimum absolute atomic E-state index is 0.129. The lowest BCUT2D eigenvalue weighted by Gasteiger charge is -2.14. The summed E-state index contributed by atoms with van der Waals surface area (Å²) in [7, 11) is 0.